The van der Waals surface area contributed by atoms with Gasteiger partial charge in [0.25, 0.3) is 0 Å². The Balaban J connectivity index is 2.99. The van der Waals surface area contributed by atoms with Crippen LogP contribution in [0.5, 0.6) is 5.75 Å². The van der Waals surface area contributed by atoms with Gasteiger partial charge in [0.15, 0.2) is 6.10 Å². The third-order valence-corrected chi connectivity index (χ3v) is 2.86. The smallest absolute Gasteiger partial charge is 0.344 e. The molecule has 5 heteroatoms. The maximum atomic E-state index is 10.8. The highest BCUT2D eigenvalue weighted by atomic mass is 79.9. The molecule has 2 atom stereocenters. The number of ether oxygens (including phenoxy) is 1. The van der Waals surface area contributed by atoms with Crippen LogP contribution in [0, 0.1) is 0 Å². The minimum Gasteiger partial charge on any atom is -0.479 e. The maximum Gasteiger partial charge on any atom is 0.344 e. The fourth-order valence-corrected chi connectivity index (χ4v) is 1.92. The van der Waals surface area contributed by atoms with Crippen LogP contribution < -0.4 is 10.5 Å². The Bertz CT molecular complexity index is 407. The van der Waals surface area contributed by atoms with Crippen molar-refractivity contribution in [2.75, 3.05) is 0 Å². The van der Waals surface area contributed by atoms with Crippen molar-refractivity contribution in [2.45, 2.75) is 32.4 Å². The summed E-state index contributed by atoms with van der Waals surface area (Å²) in [6.45, 7) is 3.39. The number of benzene rings is 1. The minimum absolute atomic E-state index is 0.00761. The van der Waals surface area contributed by atoms with Crippen molar-refractivity contribution in [3.05, 3.63) is 28.2 Å². The number of halogens is 1. The molecule has 0 fully saturated rings. The molecule has 0 saturated heterocycles. The lowest BCUT2D eigenvalue weighted by Gasteiger charge is -2.17. The summed E-state index contributed by atoms with van der Waals surface area (Å²) in [4.78, 5) is 10.8. The van der Waals surface area contributed by atoms with Crippen LogP contribution in [0.25, 0.3) is 0 Å². The van der Waals surface area contributed by atoms with Gasteiger partial charge in [0.05, 0.1) is 4.47 Å². The van der Waals surface area contributed by atoms with Crippen molar-refractivity contribution >= 4 is 21.9 Å². The quantitative estimate of drug-likeness (QED) is 0.874. The monoisotopic (exact) mass is 301 g/mol. The van der Waals surface area contributed by atoms with Crippen LogP contribution in [0.4, 0.5) is 0 Å². The Labute approximate surface area is 109 Å². The normalized spacial score (nSPS) is 14.1. The van der Waals surface area contributed by atoms with E-state index in [1.807, 2.05) is 25.1 Å². The highest BCUT2D eigenvalue weighted by Gasteiger charge is 2.17. The second-order valence-electron chi connectivity index (χ2n) is 4.01. The summed E-state index contributed by atoms with van der Waals surface area (Å²) in [5.41, 5.74) is 6.65. The molecule has 0 heterocycles. The standard InChI is InChI=1S/C12H16BrNO3/c1-7(14)6-9-4-3-5-10(13)11(9)17-8(2)12(15)16/h3-5,7-8H,6,14H2,1-2H3,(H,15,16). The van der Waals surface area contributed by atoms with E-state index in [2.05, 4.69) is 15.9 Å². The second kappa shape index (κ2) is 6.02. The third kappa shape index (κ3) is 4.02. The number of carboxylic acid groups (broad SMARTS) is 1. The van der Waals surface area contributed by atoms with Crippen molar-refractivity contribution < 1.29 is 14.6 Å². The molecule has 0 aliphatic carbocycles. The Morgan fingerprint density at radius 2 is 2.18 bits per heavy atom. The summed E-state index contributed by atoms with van der Waals surface area (Å²) < 4.78 is 6.18. The summed E-state index contributed by atoms with van der Waals surface area (Å²) in [5, 5.41) is 8.84. The summed E-state index contributed by atoms with van der Waals surface area (Å²) >= 11 is 3.36. The van der Waals surface area contributed by atoms with Gasteiger partial charge in [0, 0.05) is 6.04 Å². The number of carboxylic acids is 1. The Morgan fingerprint density at radius 1 is 1.53 bits per heavy atom. The molecule has 0 amide bonds. The molecule has 1 aromatic carbocycles. The SMILES string of the molecule is CC(N)Cc1cccc(Br)c1OC(C)C(=O)O. The average Bonchev–Trinajstić information content (AvgIpc) is 2.22. The third-order valence-electron chi connectivity index (χ3n) is 2.23. The summed E-state index contributed by atoms with van der Waals surface area (Å²) in [6.07, 6.45) is -0.248. The van der Waals surface area contributed by atoms with Crippen LogP contribution in [0.3, 0.4) is 0 Å². The van der Waals surface area contributed by atoms with Crippen LogP contribution in [-0.4, -0.2) is 23.2 Å². The molecule has 17 heavy (non-hydrogen) atoms. The maximum absolute atomic E-state index is 10.8. The summed E-state index contributed by atoms with van der Waals surface area (Å²) in [5.74, 6) is -0.438. The number of aliphatic carboxylic acids is 1. The lowest BCUT2D eigenvalue weighted by molar-refractivity contribution is -0.144. The van der Waals surface area contributed by atoms with Crippen molar-refractivity contribution in [2.24, 2.45) is 5.73 Å². The lowest BCUT2D eigenvalue weighted by Crippen LogP contribution is -2.24. The molecule has 1 rings (SSSR count). The number of hydrogen-bond acceptors (Lipinski definition) is 3. The van der Waals surface area contributed by atoms with E-state index < -0.39 is 12.1 Å². The number of rotatable bonds is 5. The van der Waals surface area contributed by atoms with Gasteiger partial charge in [-0.3, -0.25) is 0 Å². The van der Waals surface area contributed by atoms with Gasteiger partial charge in [-0.1, -0.05) is 12.1 Å². The first-order chi connectivity index (χ1) is 7.91. The van der Waals surface area contributed by atoms with E-state index >= 15 is 0 Å². The highest BCUT2D eigenvalue weighted by Crippen LogP contribution is 2.30. The van der Waals surface area contributed by atoms with Crippen LogP contribution in [0.1, 0.15) is 19.4 Å². The van der Waals surface area contributed by atoms with Gasteiger partial charge in [0.2, 0.25) is 0 Å². The fourth-order valence-electron chi connectivity index (χ4n) is 1.42. The van der Waals surface area contributed by atoms with Gasteiger partial charge < -0.3 is 15.6 Å². The molecule has 0 spiro atoms. The zero-order valence-electron chi connectivity index (χ0n) is 9.81. The number of nitrogens with two attached hydrogens (primary N) is 1. The minimum atomic E-state index is -0.993. The van der Waals surface area contributed by atoms with Crippen LogP contribution >= 0.6 is 15.9 Å². The van der Waals surface area contributed by atoms with Gasteiger partial charge in [-0.05, 0) is 47.8 Å². The van der Waals surface area contributed by atoms with E-state index in [4.69, 9.17) is 15.6 Å². The van der Waals surface area contributed by atoms with E-state index in [1.165, 1.54) is 6.92 Å². The second-order valence-corrected chi connectivity index (χ2v) is 4.86. The molecule has 3 N–H and O–H groups in total. The van der Waals surface area contributed by atoms with Crippen molar-refractivity contribution in [3.8, 4) is 5.75 Å². The number of hydrogen-bond donors (Lipinski definition) is 2. The fraction of sp³-hybridized carbons (Fsp3) is 0.417. The Kier molecular flexibility index (Phi) is 4.96. The molecule has 0 aliphatic heterocycles. The van der Waals surface area contributed by atoms with Crippen molar-refractivity contribution in [1.29, 1.82) is 0 Å². The van der Waals surface area contributed by atoms with Crippen LogP contribution in [-0.2, 0) is 11.2 Å². The summed E-state index contributed by atoms with van der Waals surface area (Å²) in [6, 6.07) is 5.57. The van der Waals surface area contributed by atoms with Crippen LogP contribution in [0.15, 0.2) is 22.7 Å². The zero-order valence-corrected chi connectivity index (χ0v) is 11.4. The van der Waals surface area contributed by atoms with E-state index in [9.17, 15) is 4.79 Å². The molecule has 2 unspecified atom stereocenters. The first-order valence-electron chi connectivity index (χ1n) is 5.34. The number of para-hydroxylation sites is 1. The Morgan fingerprint density at radius 3 is 2.71 bits per heavy atom. The van der Waals surface area contributed by atoms with E-state index in [1.54, 1.807) is 0 Å². The molecule has 0 radical (unpaired) electrons. The molecule has 0 aliphatic rings. The highest BCUT2D eigenvalue weighted by molar-refractivity contribution is 9.10. The van der Waals surface area contributed by atoms with Gasteiger partial charge >= 0.3 is 5.97 Å². The molecule has 94 valence electrons. The van der Waals surface area contributed by atoms with Crippen molar-refractivity contribution in [1.82, 2.24) is 0 Å². The average molecular weight is 302 g/mol. The largest absolute Gasteiger partial charge is 0.479 e. The molecule has 1 aromatic rings. The van der Waals surface area contributed by atoms with Gasteiger partial charge in [0.1, 0.15) is 5.75 Å². The molecule has 0 bridgehead atoms. The molecule has 0 aromatic heterocycles. The molecular weight excluding hydrogens is 286 g/mol. The molecule has 0 saturated carbocycles. The van der Waals surface area contributed by atoms with Gasteiger partial charge in [-0.25, -0.2) is 4.79 Å². The zero-order chi connectivity index (χ0) is 13.0. The van der Waals surface area contributed by atoms with Crippen LogP contribution in [0.2, 0.25) is 0 Å². The predicted octanol–water partition coefficient (Wildman–Crippen LogP) is 2.19. The first kappa shape index (κ1) is 14.0. The van der Waals surface area contributed by atoms with E-state index in [-0.39, 0.29) is 6.04 Å². The summed E-state index contributed by atoms with van der Waals surface area (Å²) in [7, 11) is 0. The van der Waals surface area contributed by atoms with E-state index in [0.29, 0.717) is 12.2 Å². The molecular formula is C12H16BrNO3. The predicted molar refractivity (Wildman–Crippen MR) is 69.2 cm³/mol. The van der Waals surface area contributed by atoms with Gasteiger partial charge in [-0.2, -0.15) is 0 Å². The Hall–Kier alpha value is -1.07. The molecule has 4 nitrogen and oxygen atoms in total. The number of carbonyl (C=O) groups is 1. The van der Waals surface area contributed by atoms with Crippen molar-refractivity contribution in [3.63, 3.8) is 0 Å². The van der Waals surface area contributed by atoms with E-state index in [0.717, 1.165) is 10.0 Å². The first-order valence-corrected chi connectivity index (χ1v) is 6.13. The van der Waals surface area contributed by atoms with Gasteiger partial charge in [-0.15, -0.1) is 0 Å². The lowest BCUT2D eigenvalue weighted by atomic mass is 10.1. The topological polar surface area (TPSA) is 72.5 Å².